The van der Waals surface area contributed by atoms with Crippen molar-refractivity contribution in [2.24, 2.45) is 5.92 Å². The number of benzene rings is 3. The molecule has 3 aromatic carbocycles. The summed E-state index contributed by atoms with van der Waals surface area (Å²) < 4.78 is 15.3. The second-order valence-electron chi connectivity index (χ2n) is 8.23. The lowest BCUT2D eigenvalue weighted by Gasteiger charge is -2.09. The van der Waals surface area contributed by atoms with Gasteiger partial charge in [0.25, 0.3) is 0 Å². The van der Waals surface area contributed by atoms with E-state index in [2.05, 4.69) is 0 Å². The fraction of sp³-hybridized carbons (Fsp3) is 0.231. The van der Waals surface area contributed by atoms with Crippen LogP contribution in [0.25, 0.3) is 27.8 Å². The van der Waals surface area contributed by atoms with Crippen molar-refractivity contribution in [2.75, 3.05) is 0 Å². The van der Waals surface area contributed by atoms with Crippen molar-refractivity contribution >= 4 is 28.3 Å². The molecule has 156 valence electrons. The number of fused-ring (bicyclic) bond motifs is 1. The molecule has 3 nitrogen and oxygen atoms in total. The number of hydrogen-bond acceptors (Lipinski definition) is 2. The summed E-state index contributed by atoms with van der Waals surface area (Å²) in [7, 11) is 0. The monoisotopic (exact) mass is 432 g/mol. The van der Waals surface area contributed by atoms with Crippen LogP contribution in [0.4, 0.5) is 4.39 Å². The van der Waals surface area contributed by atoms with Crippen LogP contribution in [-0.2, 0) is 0 Å². The van der Waals surface area contributed by atoms with Gasteiger partial charge in [0, 0.05) is 22.9 Å². The van der Waals surface area contributed by atoms with Crippen molar-refractivity contribution in [3.63, 3.8) is 0 Å². The molecule has 5 rings (SSSR count). The maximum absolute atomic E-state index is 13.5. The third kappa shape index (κ3) is 3.88. The van der Waals surface area contributed by atoms with Crippen LogP contribution in [-0.4, -0.2) is 15.6 Å². The Balaban J connectivity index is 1.64. The minimum atomic E-state index is -0.307. The zero-order valence-corrected chi connectivity index (χ0v) is 17.8. The molecule has 0 spiro atoms. The third-order valence-electron chi connectivity index (χ3n) is 6.15. The van der Waals surface area contributed by atoms with Gasteiger partial charge in [-0.25, -0.2) is 9.07 Å². The van der Waals surface area contributed by atoms with Gasteiger partial charge in [0.2, 0.25) is 0 Å². The van der Waals surface area contributed by atoms with E-state index >= 15 is 0 Å². The average molecular weight is 433 g/mol. The van der Waals surface area contributed by atoms with Crippen LogP contribution in [0.1, 0.15) is 42.5 Å². The Hall–Kier alpha value is -2.98. The van der Waals surface area contributed by atoms with Crippen LogP contribution >= 0.6 is 11.6 Å². The van der Waals surface area contributed by atoms with E-state index in [1.165, 1.54) is 25.0 Å². The van der Waals surface area contributed by atoms with Gasteiger partial charge >= 0.3 is 0 Å². The van der Waals surface area contributed by atoms with E-state index in [4.69, 9.17) is 16.7 Å². The molecule has 0 aliphatic heterocycles. The molecular weight excluding hydrogens is 411 g/mol. The van der Waals surface area contributed by atoms with Gasteiger partial charge in [0.05, 0.1) is 16.2 Å². The van der Waals surface area contributed by atoms with Gasteiger partial charge in [-0.3, -0.25) is 4.79 Å². The van der Waals surface area contributed by atoms with E-state index in [9.17, 15) is 9.18 Å². The number of rotatable bonds is 5. The van der Waals surface area contributed by atoms with E-state index in [1.54, 1.807) is 16.8 Å². The molecule has 0 N–H and O–H groups in total. The van der Waals surface area contributed by atoms with Gasteiger partial charge in [0.15, 0.2) is 5.78 Å². The lowest BCUT2D eigenvalue weighted by atomic mass is 9.96. The van der Waals surface area contributed by atoms with Gasteiger partial charge in [0.1, 0.15) is 11.5 Å². The normalized spacial score (nSPS) is 14.4. The van der Waals surface area contributed by atoms with Crippen LogP contribution in [0.3, 0.4) is 0 Å². The standard InChI is InChI=1S/C26H22ClFN2O/c27-23-8-4-3-7-21(23)26-22-14-9-18(25(31)15-17-5-1-2-6-17)16-24(22)30(29-26)20-12-10-19(28)11-13-20/h3-4,7-14,16-17H,1-2,5-6,15H2. The third-order valence-corrected chi connectivity index (χ3v) is 6.48. The van der Waals surface area contributed by atoms with E-state index in [1.807, 2.05) is 42.5 Å². The highest BCUT2D eigenvalue weighted by molar-refractivity contribution is 6.33. The van der Waals surface area contributed by atoms with Crippen molar-refractivity contribution in [1.29, 1.82) is 0 Å². The van der Waals surface area contributed by atoms with Crippen LogP contribution in [0.5, 0.6) is 0 Å². The summed E-state index contributed by atoms with van der Waals surface area (Å²) in [4.78, 5) is 13.0. The molecule has 1 aliphatic carbocycles. The Labute approximate surface area is 185 Å². The minimum Gasteiger partial charge on any atom is -0.294 e. The quantitative estimate of drug-likeness (QED) is 0.311. The van der Waals surface area contributed by atoms with Gasteiger partial charge in [-0.05, 0) is 48.4 Å². The Bertz CT molecular complexity index is 1260. The van der Waals surface area contributed by atoms with Crippen LogP contribution in [0.2, 0.25) is 5.02 Å². The predicted molar refractivity (Wildman–Crippen MR) is 122 cm³/mol. The van der Waals surface area contributed by atoms with E-state index in [0.29, 0.717) is 22.9 Å². The molecule has 0 saturated heterocycles. The Morgan fingerprint density at radius 2 is 1.77 bits per heavy atom. The molecule has 0 radical (unpaired) electrons. The molecule has 4 aromatic rings. The first-order chi connectivity index (χ1) is 15.1. The molecular formula is C26H22ClFN2O. The molecule has 5 heteroatoms. The highest BCUT2D eigenvalue weighted by Gasteiger charge is 2.21. The molecule has 1 aliphatic rings. The maximum Gasteiger partial charge on any atom is 0.163 e. The van der Waals surface area contributed by atoms with Gasteiger partial charge in [-0.2, -0.15) is 5.10 Å². The summed E-state index contributed by atoms with van der Waals surface area (Å²) in [6.45, 7) is 0. The molecule has 0 amide bonds. The first kappa shape index (κ1) is 20.0. The number of hydrogen-bond donors (Lipinski definition) is 0. The largest absolute Gasteiger partial charge is 0.294 e. The fourth-order valence-electron chi connectivity index (χ4n) is 4.51. The summed E-state index contributed by atoms with van der Waals surface area (Å²) in [5, 5.41) is 6.33. The predicted octanol–water partition coefficient (Wildman–Crippen LogP) is 7.25. The summed E-state index contributed by atoms with van der Waals surface area (Å²) >= 11 is 6.46. The number of ketones is 1. The Morgan fingerprint density at radius 1 is 1.03 bits per heavy atom. The molecule has 1 saturated carbocycles. The molecule has 31 heavy (non-hydrogen) atoms. The molecule has 0 unspecified atom stereocenters. The Morgan fingerprint density at radius 3 is 2.52 bits per heavy atom. The van der Waals surface area contributed by atoms with Crippen LogP contribution in [0.15, 0.2) is 66.7 Å². The van der Waals surface area contributed by atoms with Crippen molar-refractivity contribution in [1.82, 2.24) is 9.78 Å². The molecule has 0 atom stereocenters. The first-order valence-electron chi connectivity index (χ1n) is 10.7. The zero-order chi connectivity index (χ0) is 21.4. The summed E-state index contributed by atoms with van der Waals surface area (Å²) in [5.41, 5.74) is 3.78. The highest BCUT2D eigenvalue weighted by atomic mass is 35.5. The summed E-state index contributed by atoms with van der Waals surface area (Å²) in [6.07, 6.45) is 5.30. The lowest BCUT2D eigenvalue weighted by Crippen LogP contribution is -2.06. The number of carbonyl (C=O) groups is 1. The second-order valence-corrected chi connectivity index (χ2v) is 8.63. The van der Waals surface area contributed by atoms with E-state index in [-0.39, 0.29) is 11.6 Å². The lowest BCUT2D eigenvalue weighted by molar-refractivity contribution is 0.0962. The van der Waals surface area contributed by atoms with Gasteiger partial charge in [-0.1, -0.05) is 61.5 Å². The van der Waals surface area contributed by atoms with Crippen molar-refractivity contribution in [3.8, 4) is 16.9 Å². The molecule has 1 aromatic heterocycles. The molecule has 1 heterocycles. The second kappa shape index (κ2) is 8.27. The summed E-state index contributed by atoms with van der Waals surface area (Å²) in [5.74, 6) is 0.350. The average Bonchev–Trinajstić information content (AvgIpc) is 3.42. The first-order valence-corrected chi connectivity index (χ1v) is 11.0. The van der Waals surface area contributed by atoms with Gasteiger partial charge in [-0.15, -0.1) is 0 Å². The fourth-order valence-corrected chi connectivity index (χ4v) is 4.74. The minimum absolute atomic E-state index is 0.167. The topological polar surface area (TPSA) is 34.9 Å². The van der Waals surface area contributed by atoms with Crippen LogP contribution < -0.4 is 0 Å². The van der Waals surface area contributed by atoms with E-state index < -0.39 is 0 Å². The van der Waals surface area contributed by atoms with Crippen LogP contribution in [0, 0.1) is 11.7 Å². The maximum atomic E-state index is 13.5. The van der Waals surface area contributed by atoms with Crippen molar-refractivity contribution in [3.05, 3.63) is 83.1 Å². The number of carbonyl (C=O) groups excluding carboxylic acids is 1. The van der Waals surface area contributed by atoms with Crippen molar-refractivity contribution < 1.29 is 9.18 Å². The van der Waals surface area contributed by atoms with Crippen molar-refractivity contribution in [2.45, 2.75) is 32.1 Å². The zero-order valence-electron chi connectivity index (χ0n) is 17.0. The number of aromatic nitrogens is 2. The molecule has 1 fully saturated rings. The highest BCUT2D eigenvalue weighted by Crippen LogP contribution is 2.35. The molecule has 0 bridgehead atoms. The summed E-state index contributed by atoms with van der Waals surface area (Å²) in [6, 6.07) is 19.5. The number of halogens is 2. The SMILES string of the molecule is O=C(CC1CCCC1)c1ccc2c(-c3ccccc3Cl)nn(-c3ccc(F)cc3)c2c1. The van der Waals surface area contributed by atoms with Gasteiger partial charge < -0.3 is 0 Å². The Kier molecular flexibility index (Phi) is 5.33. The number of Topliss-reactive ketones (excluding diaryl/α,β-unsaturated/α-hetero) is 1. The van der Waals surface area contributed by atoms with E-state index in [0.717, 1.165) is 40.7 Å². The smallest absolute Gasteiger partial charge is 0.163 e. The number of nitrogens with zero attached hydrogens (tertiary/aromatic N) is 2.